The summed E-state index contributed by atoms with van der Waals surface area (Å²) in [6, 6.07) is 6.62. The van der Waals surface area contributed by atoms with Crippen molar-refractivity contribution in [2.75, 3.05) is 0 Å². The van der Waals surface area contributed by atoms with Gasteiger partial charge < -0.3 is 0 Å². The van der Waals surface area contributed by atoms with E-state index in [0.717, 1.165) is 5.56 Å². The predicted molar refractivity (Wildman–Crippen MR) is 103 cm³/mol. The van der Waals surface area contributed by atoms with E-state index in [0.29, 0.717) is 15.8 Å². The van der Waals surface area contributed by atoms with Gasteiger partial charge >= 0.3 is 0 Å². The zero-order chi connectivity index (χ0) is 18.3. The third-order valence-corrected chi connectivity index (χ3v) is 7.73. The Hall–Kier alpha value is -0.920. The van der Waals surface area contributed by atoms with Gasteiger partial charge in [-0.2, -0.15) is 0 Å². The first-order valence-corrected chi connectivity index (χ1v) is 10.5. The SMILES string of the molecule is Cc1ccc(S(=O)(=O)NC2=C(Br)C(C)(Br)C(=O)C=C2C(C)C)cc1. The van der Waals surface area contributed by atoms with Gasteiger partial charge in [-0.05, 0) is 43.5 Å². The van der Waals surface area contributed by atoms with Crippen LogP contribution in [-0.2, 0) is 14.8 Å². The Morgan fingerprint density at radius 2 is 1.71 bits per heavy atom. The summed E-state index contributed by atoms with van der Waals surface area (Å²) in [6.45, 7) is 7.41. The molecule has 2 rings (SSSR count). The molecule has 1 unspecified atom stereocenters. The van der Waals surface area contributed by atoms with Crippen molar-refractivity contribution < 1.29 is 13.2 Å². The van der Waals surface area contributed by atoms with Gasteiger partial charge in [-0.3, -0.25) is 9.52 Å². The minimum atomic E-state index is -3.75. The van der Waals surface area contributed by atoms with Gasteiger partial charge in [-0.25, -0.2) is 8.42 Å². The molecule has 0 fully saturated rings. The molecule has 0 bridgehead atoms. The average molecular weight is 477 g/mol. The van der Waals surface area contributed by atoms with Crippen LogP contribution in [0.15, 0.2) is 51.0 Å². The van der Waals surface area contributed by atoms with Crippen molar-refractivity contribution in [3.05, 3.63) is 51.7 Å². The highest BCUT2D eigenvalue weighted by Crippen LogP contribution is 2.42. The normalized spacial score (nSPS) is 22.0. The van der Waals surface area contributed by atoms with E-state index in [1.165, 1.54) is 6.08 Å². The number of rotatable bonds is 4. The van der Waals surface area contributed by atoms with E-state index in [4.69, 9.17) is 0 Å². The summed E-state index contributed by atoms with van der Waals surface area (Å²) in [4.78, 5) is 12.5. The Labute approximate surface area is 159 Å². The number of halogens is 2. The van der Waals surface area contributed by atoms with Crippen LogP contribution in [0.25, 0.3) is 0 Å². The summed E-state index contributed by atoms with van der Waals surface area (Å²) in [5.74, 6) is -0.142. The molecule has 0 aliphatic heterocycles. The lowest BCUT2D eigenvalue weighted by Gasteiger charge is -2.30. The fourth-order valence-electron chi connectivity index (χ4n) is 2.29. The first-order chi connectivity index (χ1) is 11.0. The number of carbonyl (C=O) groups is 1. The minimum absolute atomic E-state index is 0.0131. The molecule has 1 N–H and O–H groups in total. The summed E-state index contributed by atoms with van der Waals surface area (Å²) in [7, 11) is -3.75. The van der Waals surface area contributed by atoms with Gasteiger partial charge in [0.05, 0.1) is 10.6 Å². The van der Waals surface area contributed by atoms with Crippen LogP contribution in [0.2, 0.25) is 0 Å². The van der Waals surface area contributed by atoms with Gasteiger partial charge in [0, 0.05) is 4.48 Å². The van der Waals surface area contributed by atoms with Gasteiger partial charge in [0.25, 0.3) is 10.0 Å². The Kier molecular flexibility index (Phi) is 5.47. The van der Waals surface area contributed by atoms with E-state index in [2.05, 4.69) is 36.6 Å². The van der Waals surface area contributed by atoms with Gasteiger partial charge in [-0.15, -0.1) is 0 Å². The summed E-state index contributed by atoms with van der Waals surface area (Å²) in [5, 5.41) is 0. The molecule has 0 amide bonds. The second kappa shape index (κ2) is 6.77. The summed E-state index contributed by atoms with van der Waals surface area (Å²) in [5.41, 5.74) is 2.04. The number of sulfonamides is 1. The predicted octanol–water partition coefficient (Wildman–Crippen LogP) is 4.20. The van der Waals surface area contributed by atoms with Crippen LogP contribution in [0.5, 0.6) is 0 Å². The summed E-state index contributed by atoms with van der Waals surface area (Å²) >= 11 is 6.79. The highest BCUT2D eigenvalue weighted by Gasteiger charge is 2.40. The molecule has 0 spiro atoms. The van der Waals surface area contributed by atoms with Crippen LogP contribution in [0.3, 0.4) is 0 Å². The number of allylic oxidation sites excluding steroid dienone is 3. The third kappa shape index (κ3) is 3.68. The lowest BCUT2D eigenvalue weighted by atomic mass is 9.89. The molecule has 1 atom stereocenters. The van der Waals surface area contributed by atoms with E-state index in [9.17, 15) is 13.2 Å². The zero-order valence-electron chi connectivity index (χ0n) is 13.9. The Morgan fingerprint density at radius 3 is 2.21 bits per heavy atom. The highest BCUT2D eigenvalue weighted by molar-refractivity contribution is 9.14. The molecule has 7 heteroatoms. The van der Waals surface area contributed by atoms with Crippen molar-refractivity contribution in [1.82, 2.24) is 4.72 Å². The van der Waals surface area contributed by atoms with Gasteiger partial charge in [0.15, 0.2) is 5.78 Å². The van der Waals surface area contributed by atoms with E-state index >= 15 is 0 Å². The number of benzene rings is 1. The number of ketones is 1. The van der Waals surface area contributed by atoms with Gasteiger partial charge in [0.2, 0.25) is 0 Å². The monoisotopic (exact) mass is 475 g/mol. The number of hydrogen-bond acceptors (Lipinski definition) is 3. The van der Waals surface area contributed by atoms with Crippen LogP contribution in [0, 0.1) is 12.8 Å². The topological polar surface area (TPSA) is 63.2 Å². The van der Waals surface area contributed by atoms with Crippen molar-refractivity contribution in [2.45, 2.75) is 36.9 Å². The van der Waals surface area contributed by atoms with E-state index in [-0.39, 0.29) is 16.6 Å². The standard InChI is InChI=1S/C17H19Br2NO3S/c1-10(2)13-9-14(21)17(4,19)16(18)15(13)20-24(22,23)12-7-5-11(3)6-8-12/h5-10,20H,1-4H3. The molecule has 24 heavy (non-hydrogen) atoms. The number of carbonyl (C=O) groups excluding carboxylic acids is 1. The second-order valence-electron chi connectivity index (χ2n) is 6.23. The maximum absolute atomic E-state index is 12.7. The Bertz CT molecular complexity index is 835. The zero-order valence-corrected chi connectivity index (χ0v) is 17.8. The van der Waals surface area contributed by atoms with Crippen LogP contribution in [0.4, 0.5) is 0 Å². The van der Waals surface area contributed by atoms with Crippen LogP contribution in [-0.4, -0.2) is 18.5 Å². The molecule has 0 saturated heterocycles. The first-order valence-electron chi connectivity index (χ1n) is 7.42. The summed E-state index contributed by atoms with van der Waals surface area (Å²) in [6.07, 6.45) is 1.50. The smallest absolute Gasteiger partial charge is 0.261 e. The molecule has 130 valence electrons. The van der Waals surface area contributed by atoms with E-state index in [1.54, 1.807) is 31.2 Å². The molecule has 4 nitrogen and oxygen atoms in total. The molecular formula is C17H19Br2NO3S. The fraction of sp³-hybridized carbons (Fsp3) is 0.353. The van der Waals surface area contributed by atoms with Crippen LogP contribution in [0.1, 0.15) is 26.3 Å². The van der Waals surface area contributed by atoms with Crippen molar-refractivity contribution in [3.63, 3.8) is 0 Å². The van der Waals surface area contributed by atoms with Crippen LogP contribution >= 0.6 is 31.9 Å². The lowest BCUT2D eigenvalue weighted by molar-refractivity contribution is -0.115. The third-order valence-electron chi connectivity index (χ3n) is 3.86. The first kappa shape index (κ1) is 19.4. The molecule has 0 aromatic heterocycles. The molecule has 1 aliphatic carbocycles. The largest absolute Gasteiger partial charge is 0.293 e. The van der Waals surface area contributed by atoms with Crippen molar-refractivity contribution in [2.24, 2.45) is 5.92 Å². The van der Waals surface area contributed by atoms with E-state index < -0.39 is 14.3 Å². The van der Waals surface area contributed by atoms with Gasteiger partial charge in [-0.1, -0.05) is 63.4 Å². The quantitative estimate of drug-likeness (QED) is 0.662. The maximum Gasteiger partial charge on any atom is 0.261 e. The molecule has 0 saturated carbocycles. The molecule has 1 aliphatic rings. The Morgan fingerprint density at radius 1 is 1.17 bits per heavy atom. The maximum atomic E-state index is 12.7. The minimum Gasteiger partial charge on any atom is -0.293 e. The van der Waals surface area contributed by atoms with Crippen molar-refractivity contribution in [1.29, 1.82) is 0 Å². The highest BCUT2D eigenvalue weighted by atomic mass is 79.9. The second-order valence-corrected chi connectivity index (χ2v) is 10.3. The molecule has 0 heterocycles. The molecular weight excluding hydrogens is 458 g/mol. The number of aryl methyl sites for hydroxylation is 1. The average Bonchev–Trinajstić information content (AvgIpc) is 2.48. The number of alkyl halides is 1. The van der Waals surface area contributed by atoms with Crippen molar-refractivity contribution in [3.8, 4) is 0 Å². The molecule has 0 radical (unpaired) electrons. The molecule has 1 aromatic carbocycles. The van der Waals surface area contributed by atoms with Crippen LogP contribution < -0.4 is 4.72 Å². The fourth-order valence-corrected chi connectivity index (χ4v) is 4.36. The lowest BCUT2D eigenvalue weighted by Crippen LogP contribution is -2.37. The Balaban J connectivity index is 2.52. The number of hydrogen-bond donors (Lipinski definition) is 1. The van der Waals surface area contributed by atoms with Gasteiger partial charge in [0.1, 0.15) is 4.32 Å². The van der Waals surface area contributed by atoms with Crippen molar-refractivity contribution >= 4 is 47.7 Å². The summed E-state index contributed by atoms with van der Waals surface area (Å²) < 4.78 is 27.6. The number of nitrogens with one attached hydrogen (secondary N) is 1. The van der Waals surface area contributed by atoms with E-state index in [1.807, 2.05) is 20.8 Å². The molecule has 1 aromatic rings.